The molecular formula is C106H103N3O21S. The second kappa shape index (κ2) is 58.1. The van der Waals surface area contributed by atoms with Gasteiger partial charge in [-0.15, -0.1) is 11.8 Å². The first-order valence-electron chi connectivity index (χ1n) is 40.0. The normalized spacial score (nSPS) is 9.56. The number of ketones is 9. The number of carbonyl (C=O) groups excluding carboxylic acids is 14. The molecule has 25 heteroatoms. The van der Waals surface area contributed by atoms with E-state index in [4.69, 9.17) is 24.1 Å². The Labute approximate surface area is 766 Å². The molecule has 0 unspecified atom stereocenters. The van der Waals surface area contributed by atoms with Crippen molar-refractivity contribution in [2.24, 2.45) is 0 Å². The maximum absolute atomic E-state index is 11.8. The van der Waals surface area contributed by atoms with Gasteiger partial charge in [0.25, 0.3) is 0 Å². The van der Waals surface area contributed by atoms with Gasteiger partial charge in [0.15, 0.2) is 52.0 Å². The van der Waals surface area contributed by atoms with Gasteiger partial charge in [0.1, 0.15) is 28.7 Å². The number of methoxy groups -OCH3 is 2. The molecule has 12 aromatic carbocycles. The number of pyridine rings is 1. The third-order valence-electron chi connectivity index (χ3n) is 17.5. The second-order valence-corrected chi connectivity index (χ2v) is 28.2. The number of rotatable bonds is 21. The van der Waals surface area contributed by atoms with Crippen LogP contribution in [0.25, 0.3) is 11.1 Å². The van der Waals surface area contributed by atoms with Crippen molar-refractivity contribution in [1.29, 1.82) is 0 Å². The fraction of sp³-hybridized carbons (Fsp3) is 0.142. The smallest absolute Gasteiger partial charge is 0.417 e. The van der Waals surface area contributed by atoms with Crippen LogP contribution in [0.4, 0.5) is 21.0 Å². The lowest BCUT2D eigenvalue weighted by atomic mass is 10.0. The van der Waals surface area contributed by atoms with Gasteiger partial charge >= 0.3 is 30.1 Å². The number of thioether (sulfide) groups is 1. The summed E-state index contributed by atoms with van der Waals surface area (Å²) in [7, 11) is 2.63. The molecule has 0 aliphatic rings. The highest BCUT2D eigenvalue weighted by atomic mass is 32.2. The molecule has 13 rings (SSSR count). The van der Waals surface area contributed by atoms with Crippen LogP contribution in [0.2, 0.25) is 0 Å². The van der Waals surface area contributed by atoms with Gasteiger partial charge in [-0.1, -0.05) is 135 Å². The first-order valence-corrected chi connectivity index (χ1v) is 41.2. The van der Waals surface area contributed by atoms with E-state index in [0.717, 1.165) is 33.8 Å². The van der Waals surface area contributed by atoms with Gasteiger partial charge in [-0.3, -0.25) is 58.8 Å². The lowest BCUT2D eigenvalue weighted by Gasteiger charge is -2.06. The number of nitrogens with zero attached hydrogens (tertiary/aromatic N) is 1. The summed E-state index contributed by atoms with van der Waals surface area (Å²) in [4.78, 5) is 160. The van der Waals surface area contributed by atoms with Crippen molar-refractivity contribution in [2.75, 3.05) is 37.7 Å². The van der Waals surface area contributed by atoms with Crippen molar-refractivity contribution in [3.63, 3.8) is 0 Å². The van der Waals surface area contributed by atoms with E-state index in [9.17, 15) is 67.1 Å². The molecule has 0 atom stereocenters. The van der Waals surface area contributed by atoms with Crippen LogP contribution in [-0.2, 0) is 14.2 Å². The van der Waals surface area contributed by atoms with Crippen LogP contribution in [0.15, 0.2) is 339 Å². The highest BCUT2D eigenvalue weighted by Gasteiger charge is 2.13. The first kappa shape index (κ1) is 107. The van der Waals surface area contributed by atoms with Gasteiger partial charge in [0, 0.05) is 78.7 Å². The largest absolute Gasteiger partial charge is 0.508 e. The minimum Gasteiger partial charge on any atom is -0.508 e. The molecular weight excluding hydrogens is 1680 g/mol. The third-order valence-corrected chi connectivity index (χ3v) is 18.2. The highest BCUT2D eigenvalue weighted by Crippen LogP contribution is 2.24. The van der Waals surface area contributed by atoms with Crippen molar-refractivity contribution in [3.8, 4) is 39.9 Å². The number of benzene rings is 12. The Bertz CT molecular complexity index is 5870. The number of aromatic hydroxyl groups is 1. The van der Waals surface area contributed by atoms with E-state index in [2.05, 4.69) is 25.1 Å². The van der Waals surface area contributed by atoms with Crippen LogP contribution in [0, 0.1) is 0 Å². The molecule has 0 bridgehead atoms. The van der Waals surface area contributed by atoms with Crippen molar-refractivity contribution in [3.05, 3.63) is 401 Å². The zero-order valence-corrected chi connectivity index (χ0v) is 74.7. The molecule has 0 saturated carbocycles. The predicted molar refractivity (Wildman–Crippen MR) is 509 cm³/mol. The zero-order chi connectivity index (χ0) is 95.5. The minimum atomic E-state index is -0.568. The van der Waals surface area contributed by atoms with Gasteiger partial charge in [-0.2, -0.15) is 0 Å². The molecule has 0 aliphatic carbocycles. The standard InChI is InChI=1S/C15H13NO3.C15H12O3.C14H12O2.C13H11NO.C11H13NO3.2C10H10O3.C9H10OS.C8H8O2.CH4/c1-11(17)12-7-9-14(10-8-12)19-15(18)16-13-5-3-2-4-6-13;1-11(16)12-7-9-13(10-8-12)15(17)18-14-5-3-2-4-6-14;1-11(15)12-7-9-14(10-8-12)16-13-5-3-2-4-6-13;1-10(15)11-2-4-12(5-3-11)13-6-8-14-9-7-13;1-3-15-11(14)12-10-6-4-9(5-7-10)8(2)13;1-7(11)8-3-5-9(6-4-8)10(12)13-2;1-7(11)8-4-3-5-9(6-8)10(12)13-2;1-7(10)8-3-5-9(11-2)6-4-8;1-6(9)7-2-4-8(10)5-3-7;/h2-10H,1H3,(H,16,18);2-10H,1H3;2-10H,1H3;2-9H,1H3;4-7H,3H2,1-2H3,(H,12,14);2*3-6H,1-2H3;3-6H,1-2H3;2-5,10H,1H3;1H4. The Kier molecular flexibility index (Phi) is 47.5. The van der Waals surface area contributed by atoms with E-state index in [1.54, 1.807) is 240 Å². The van der Waals surface area contributed by atoms with E-state index < -0.39 is 30.1 Å². The summed E-state index contributed by atoms with van der Waals surface area (Å²) in [6.45, 7) is 15.7. The monoisotopic (exact) mass is 1790 g/mol. The zero-order valence-electron chi connectivity index (χ0n) is 73.9. The van der Waals surface area contributed by atoms with Crippen molar-refractivity contribution < 1.29 is 101 Å². The number of carbonyl (C=O) groups is 14. The fourth-order valence-electron chi connectivity index (χ4n) is 10.4. The average Bonchev–Trinajstić information content (AvgIpc) is 0.899. The molecule has 131 heavy (non-hydrogen) atoms. The number of Topliss-reactive ketones (excluding diaryl/α,β-unsaturated/α-hetero) is 9. The Morgan fingerprint density at radius 1 is 0.298 bits per heavy atom. The number of phenolic OH excluding ortho intramolecular Hbond substituents is 1. The number of hydrogen-bond donors (Lipinski definition) is 3. The molecule has 0 radical (unpaired) electrons. The van der Waals surface area contributed by atoms with Crippen molar-refractivity contribution in [1.82, 2.24) is 4.98 Å². The number of nitrogens with one attached hydrogen (secondary N) is 2. The number of amides is 2. The summed E-state index contributed by atoms with van der Waals surface area (Å²) >= 11 is 1.68. The molecule has 0 spiro atoms. The third kappa shape index (κ3) is 40.7. The quantitative estimate of drug-likeness (QED) is 0.0198. The summed E-state index contributed by atoms with van der Waals surface area (Å²) in [6, 6.07) is 92.1. The average molecular weight is 1790 g/mol. The Hall–Kier alpha value is -16.3. The van der Waals surface area contributed by atoms with Crippen molar-refractivity contribution in [2.45, 2.75) is 81.6 Å². The Morgan fingerprint density at radius 3 is 0.992 bits per heavy atom. The Morgan fingerprint density at radius 2 is 0.595 bits per heavy atom. The first-order chi connectivity index (χ1) is 62.2. The number of aromatic nitrogens is 1. The van der Waals surface area contributed by atoms with Crippen LogP contribution < -0.4 is 24.8 Å². The molecule has 2 amide bonds. The second-order valence-electron chi connectivity index (χ2n) is 27.3. The molecule has 1 aromatic heterocycles. The van der Waals surface area contributed by atoms with Gasteiger partial charge in [-0.25, -0.2) is 24.0 Å². The topological polar surface area (TPSA) is 352 Å². The number of phenols is 1. The molecule has 0 aliphatic heterocycles. The number of esters is 3. The number of para-hydroxylation sites is 3. The summed E-state index contributed by atoms with van der Waals surface area (Å²) < 4.78 is 29.6. The van der Waals surface area contributed by atoms with Crippen molar-refractivity contribution >= 4 is 105 Å². The summed E-state index contributed by atoms with van der Waals surface area (Å²) in [5.74, 6) is 1.49. The number of anilines is 2. The number of ether oxygens (including phenoxy) is 6. The predicted octanol–water partition coefficient (Wildman–Crippen LogP) is 23.9. The lowest BCUT2D eigenvalue weighted by Crippen LogP contribution is -2.16. The van der Waals surface area contributed by atoms with E-state index in [-0.39, 0.29) is 65.2 Å². The minimum absolute atomic E-state index is 0. The summed E-state index contributed by atoms with van der Waals surface area (Å²) in [5, 5.41) is 14.0. The maximum atomic E-state index is 11.8. The lowest BCUT2D eigenvalue weighted by molar-refractivity contribution is 0.0591. The van der Waals surface area contributed by atoms with Crippen LogP contribution in [-0.4, -0.2) is 119 Å². The molecule has 24 nitrogen and oxygen atoms in total. The number of hydrogen-bond acceptors (Lipinski definition) is 23. The van der Waals surface area contributed by atoms with Gasteiger partial charge in [0.2, 0.25) is 0 Å². The molecule has 0 fully saturated rings. The molecule has 1 heterocycles. The fourth-order valence-corrected chi connectivity index (χ4v) is 10.8. The highest BCUT2D eigenvalue weighted by molar-refractivity contribution is 7.98. The molecule has 3 N–H and O–H groups in total. The SMILES string of the molecule is C.CC(=O)c1ccc(-c2ccncc2)cc1.CC(=O)c1ccc(C(=O)Oc2ccccc2)cc1.CC(=O)c1ccc(O)cc1.CC(=O)c1ccc(OC(=O)Nc2ccccc2)cc1.CC(=O)c1ccc(Oc2ccccc2)cc1.CCOC(=O)Nc1ccc(C(C)=O)cc1.COC(=O)c1ccc(C(C)=O)cc1.COC(=O)c1cccc(C(C)=O)c1.CSc1ccc(C(C)=O)cc1. The molecule has 13 aromatic rings. The van der Waals surface area contributed by atoms with E-state index >= 15 is 0 Å². The Balaban J connectivity index is 0.000000310. The maximum Gasteiger partial charge on any atom is 0.417 e. The van der Waals surface area contributed by atoms with E-state index in [1.807, 2.05) is 122 Å². The molecule has 674 valence electrons. The van der Waals surface area contributed by atoms with E-state index in [1.165, 1.54) is 78.9 Å². The van der Waals surface area contributed by atoms with E-state index in [0.29, 0.717) is 85.1 Å². The summed E-state index contributed by atoms with van der Waals surface area (Å²) in [5.41, 5.74) is 10.5. The summed E-state index contributed by atoms with van der Waals surface area (Å²) in [6.07, 6.45) is 4.47. The van der Waals surface area contributed by atoms with Gasteiger partial charge < -0.3 is 33.5 Å². The van der Waals surface area contributed by atoms with Gasteiger partial charge in [-0.05, 0) is 281 Å². The van der Waals surface area contributed by atoms with Gasteiger partial charge in [0.05, 0.1) is 37.5 Å². The van der Waals surface area contributed by atoms with Crippen LogP contribution in [0.5, 0.6) is 28.7 Å². The van der Waals surface area contributed by atoms with Crippen LogP contribution in [0.3, 0.4) is 0 Å². The molecule has 0 saturated heterocycles. The van der Waals surface area contributed by atoms with Crippen LogP contribution in [0.1, 0.15) is 201 Å². The van der Waals surface area contributed by atoms with Crippen LogP contribution >= 0.6 is 11.8 Å².